The molecule has 0 aliphatic carbocycles. The Balaban J connectivity index is 0.983. The number of hydrogen-bond donors (Lipinski definition) is 0. The fourth-order valence-electron chi connectivity index (χ4n) is 10.4. The molecule has 3 unspecified atom stereocenters. The van der Waals surface area contributed by atoms with Gasteiger partial charge in [0.25, 0.3) is 5.69 Å². The summed E-state index contributed by atoms with van der Waals surface area (Å²) in [6.45, 7) is 4.34. The van der Waals surface area contributed by atoms with Crippen LogP contribution in [0.25, 0.3) is 6.08 Å². The average molecular weight is 1200 g/mol. The number of carbonyl (C=O) groups excluding carboxylic acids is 4. The molecule has 87 heavy (non-hydrogen) atoms. The monoisotopic (exact) mass is 1200 g/mol. The first-order valence-corrected chi connectivity index (χ1v) is 28.6. The van der Waals surface area contributed by atoms with Gasteiger partial charge in [-0.15, -0.1) is 0 Å². The lowest BCUT2D eigenvalue weighted by Crippen LogP contribution is -2.50. The van der Waals surface area contributed by atoms with Crippen molar-refractivity contribution in [3.63, 3.8) is 0 Å². The van der Waals surface area contributed by atoms with Gasteiger partial charge in [-0.05, 0) is 159 Å². The van der Waals surface area contributed by atoms with E-state index in [1.165, 1.54) is 40.4 Å². The molecule has 6 aromatic rings. The fourth-order valence-corrected chi connectivity index (χ4v) is 10.4. The number of carbonyl (C=O) groups is 4. The van der Waals surface area contributed by atoms with Crippen LogP contribution in [0.4, 0.5) is 5.69 Å². The lowest BCUT2D eigenvalue weighted by Gasteiger charge is -2.37. The van der Waals surface area contributed by atoms with Crippen LogP contribution in [0.5, 0.6) is 51.7 Å². The van der Waals surface area contributed by atoms with Crippen molar-refractivity contribution in [1.29, 1.82) is 0 Å². The van der Waals surface area contributed by atoms with Gasteiger partial charge in [0, 0.05) is 12.6 Å². The van der Waals surface area contributed by atoms with Crippen molar-refractivity contribution < 1.29 is 80.9 Å². The normalized spacial score (nSPS) is 14.3. The number of benzene rings is 6. The minimum atomic E-state index is -1.09. The first-order valence-electron chi connectivity index (χ1n) is 28.6. The number of nitrogens with zero attached hydrogens (tertiary/aromatic N) is 2. The van der Waals surface area contributed by atoms with Gasteiger partial charge < -0.3 is 61.7 Å². The Morgan fingerprint density at radius 2 is 1.21 bits per heavy atom. The predicted octanol–water partition coefficient (Wildman–Crippen LogP) is 12.1. The van der Waals surface area contributed by atoms with Gasteiger partial charge in [0.1, 0.15) is 35.9 Å². The number of esters is 3. The van der Waals surface area contributed by atoms with E-state index in [1.807, 2.05) is 55.5 Å². The zero-order chi connectivity index (χ0) is 62.6. The van der Waals surface area contributed by atoms with E-state index in [2.05, 4.69) is 0 Å². The maximum atomic E-state index is 14.6. The second kappa shape index (κ2) is 31.6. The van der Waals surface area contributed by atoms with Crippen molar-refractivity contribution in [3.8, 4) is 51.7 Å². The Bertz CT molecular complexity index is 3360. The van der Waals surface area contributed by atoms with Gasteiger partial charge >= 0.3 is 17.9 Å². The molecule has 0 bridgehead atoms. The quantitative estimate of drug-likeness (QED) is 0.0177. The van der Waals surface area contributed by atoms with E-state index in [4.69, 9.17) is 56.8 Å². The molecule has 6 aromatic carbocycles. The number of rotatable bonds is 30. The van der Waals surface area contributed by atoms with E-state index in [1.54, 1.807) is 107 Å². The molecule has 1 aliphatic rings. The van der Waals surface area contributed by atoms with Gasteiger partial charge in [-0.25, -0.2) is 14.4 Å². The number of likely N-dealkylation sites (tertiary alicyclic amines) is 1. The molecule has 1 heterocycles. The number of allylic oxidation sites excluding steroid dienone is 1. The van der Waals surface area contributed by atoms with Crippen molar-refractivity contribution in [1.82, 2.24) is 4.90 Å². The molecular weight excluding hydrogens is 1120 g/mol. The summed E-state index contributed by atoms with van der Waals surface area (Å²) in [4.78, 5) is 69.0. The van der Waals surface area contributed by atoms with Crippen molar-refractivity contribution in [3.05, 3.63) is 170 Å². The second-order valence-corrected chi connectivity index (χ2v) is 20.5. The number of nitro benzene ring substituents is 1. The number of methoxy groups -OCH3 is 7. The minimum Gasteiger partial charge on any atom is -0.493 e. The van der Waals surface area contributed by atoms with E-state index < -0.39 is 66.3 Å². The van der Waals surface area contributed by atoms with E-state index in [9.17, 15) is 29.3 Å². The molecule has 7 rings (SSSR count). The minimum absolute atomic E-state index is 0.0994. The topological polar surface area (TPSA) is 225 Å². The molecule has 5 atom stereocenters. The van der Waals surface area contributed by atoms with Gasteiger partial charge in [0.15, 0.2) is 47.7 Å². The number of nitro groups is 1. The van der Waals surface area contributed by atoms with Crippen LogP contribution in [0, 0.1) is 10.1 Å². The van der Waals surface area contributed by atoms with Crippen LogP contribution in [0.15, 0.2) is 121 Å². The first-order chi connectivity index (χ1) is 42.0. The molecule has 0 radical (unpaired) electrons. The van der Waals surface area contributed by atoms with Crippen LogP contribution < -0.4 is 42.6 Å². The van der Waals surface area contributed by atoms with Crippen molar-refractivity contribution >= 4 is 35.6 Å². The second-order valence-electron chi connectivity index (χ2n) is 20.5. The van der Waals surface area contributed by atoms with E-state index >= 15 is 0 Å². The number of ether oxygens (including phenoxy) is 12. The molecule has 20 heteroatoms. The summed E-state index contributed by atoms with van der Waals surface area (Å²) in [7, 11) is 10.8. The van der Waals surface area contributed by atoms with Gasteiger partial charge in [-0.2, -0.15) is 0 Å². The SMILES string of the molecule is CC[C@H](C(=O)N1CCCCC1C(=O)O[C@H](CCc1ccc(OC)c(OC)c1)c1cccc(OCC(=O)OC(C)c2ccc(C(C)OC(=O)COc3cccc(/C=C\Cc4ccc(OC)c(OC)c4)c3)cc2[N+](=O)[O-])c1)c1cc(OC)c(OC)c(OC)c1. The standard InChI is InChI=1S/C67H76N2O18/c1-11-52(49-38-61(80-8)65(82-10)62(39-49)81-9)66(72)68-32-13-12-23-54(68)67(73)87-56(29-24-46-26-31-58(77-5)60(35-46)79-7)48-20-16-22-51(36-48)84-41-64(71)86-43(3)53-28-27-47(37-55(53)69(74)75)42(2)85-63(70)40-83-50-21-15-19-44(33-50)17-14-18-45-25-30-57(76-4)59(34-45)78-6/h14-17,19-22,25-28,30-31,33-39,42-43,52,54,56H,11-13,18,23-24,29,32,40-41H2,1-10H3/b17-14-/t42?,43?,52-,54?,56+/m0/s1. The van der Waals surface area contributed by atoms with Gasteiger partial charge in [0.05, 0.1) is 66.2 Å². The molecule has 0 aromatic heterocycles. The first kappa shape index (κ1) is 65.1. The lowest BCUT2D eigenvalue weighted by molar-refractivity contribution is -0.386. The molecule has 1 aliphatic heterocycles. The van der Waals surface area contributed by atoms with Gasteiger partial charge in [-0.1, -0.05) is 61.5 Å². The predicted molar refractivity (Wildman–Crippen MR) is 323 cm³/mol. The Labute approximate surface area is 507 Å². The Morgan fingerprint density at radius 3 is 1.82 bits per heavy atom. The Morgan fingerprint density at radius 1 is 0.609 bits per heavy atom. The third-order valence-electron chi connectivity index (χ3n) is 14.9. The van der Waals surface area contributed by atoms with Crippen LogP contribution in [0.1, 0.15) is 116 Å². The summed E-state index contributed by atoms with van der Waals surface area (Å²) < 4.78 is 67.9. The third kappa shape index (κ3) is 17.1. The zero-order valence-corrected chi connectivity index (χ0v) is 50.8. The lowest BCUT2D eigenvalue weighted by atomic mass is 9.91. The van der Waals surface area contributed by atoms with E-state index in [0.29, 0.717) is 114 Å². The summed E-state index contributed by atoms with van der Waals surface area (Å²) in [5, 5.41) is 12.4. The summed E-state index contributed by atoms with van der Waals surface area (Å²) >= 11 is 0. The van der Waals surface area contributed by atoms with E-state index in [-0.39, 0.29) is 22.9 Å². The summed E-state index contributed by atoms with van der Waals surface area (Å²) in [5.41, 5.74) is 4.04. The molecule has 462 valence electrons. The molecular formula is C67H76N2O18. The smallest absolute Gasteiger partial charge is 0.344 e. The van der Waals surface area contributed by atoms with Gasteiger partial charge in [0.2, 0.25) is 11.7 Å². The van der Waals surface area contributed by atoms with Crippen LogP contribution in [-0.4, -0.2) is 109 Å². The number of hydrogen-bond acceptors (Lipinski definition) is 18. The van der Waals surface area contributed by atoms with Gasteiger partial charge in [-0.3, -0.25) is 14.9 Å². The molecule has 0 spiro atoms. The maximum absolute atomic E-state index is 14.6. The van der Waals surface area contributed by atoms with Crippen LogP contribution in [0.3, 0.4) is 0 Å². The van der Waals surface area contributed by atoms with Crippen molar-refractivity contribution in [2.75, 3.05) is 69.5 Å². The highest BCUT2D eigenvalue weighted by molar-refractivity contribution is 5.89. The van der Waals surface area contributed by atoms with Crippen molar-refractivity contribution in [2.24, 2.45) is 0 Å². The summed E-state index contributed by atoms with van der Waals surface area (Å²) in [6.07, 6.45) is 4.68. The van der Waals surface area contributed by atoms with Crippen LogP contribution >= 0.6 is 0 Å². The molecule has 1 saturated heterocycles. The van der Waals surface area contributed by atoms with Crippen LogP contribution in [0.2, 0.25) is 0 Å². The number of amides is 1. The van der Waals surface area contributed by atoms with Crippen LogP contribution in [-0.2, 0) is 46.2 Å². The molecule has 20 nitrogen and oxygen atoms in total. The molecule has 1 fully saturated rings. The number of aryl methyl sites for hydroxylation is 1. The highest BCUT2D eigenvalue weighted by Gasteiger charge is 2.38. The third-order valence-corrected chi connectivity index (χ3v) is 14.9. The molecule has 0 saturated carbocycles. The zero-order valence-electron chi connectivity index (χ0n) is 50.8. The highest BCUT2D eigenvalue weighted by Crippen LogP contribution is 2.42. The largest absolute Gasteiger partial charge is 0.493 e. The Hall–Kier alpha value is -9.46. The molecule has 1 amide bonds. The summed E-state index contributed by atoms with van der Waals surface area (Å²) in [6, 6.07) is 32.1. The number of piperidine rings is 1. The van der Waals surface area contributed by atoms with E-state index in [0.717, 1.165) is 16.7 Å². The maximum Gasteiger partial charge on any atom is 0.344 e. The highest BCUT2D eigenvalue weighted by atomic mass is 16.6. The average Bonchev–Trinajstić information content (AvgIpc) is 2.10. The fraction of sp³-hybridized carbons (Fsp3) is 0.373. The Kier molecular flexibility index (Phi) is 23.7. The summed E-state index contributed by atoms with van der Waals surface area (Å²) in [5.74, 6) is 1.31. The van der Waals surface area contributed by atoms with Crippen molar-refractivity contribution in [2.45, 2.75) is 96.0 Å². The molecule has 0 N–H and O–H groups in total.